The van der Waals surface area contributed by atoms with E-state index in [0.717, 1.165) is 6.92 Å². The molecule has 0 aromatic carbocycles. The minimum Gasteiger partial charge on any atom is -0.465 e. The lowest BCUT2D eigenvalue weighted by Crippen LogP contribution is -2.31. The molecule has 0 spiro atoms. The first kappa shape index (κ1) is 13.6. The summed E-state index contributed by atoms with van der Waals surface area (Å²) < 4.78 is 42.1. The predicted octanol–water partition coefficient (Wildman–Crippen LogP) is 3.91. The van der Waals surface area contributed by atoms with Crippen LogP contribution in [0, 0.1) is 0 Å². The van der Waals surface area contributed by atoms with Crippen LogP contribution in [0.25, 0.3) is 0 Å². The molecule has 0 N–H and O–H groups in total. The monoisotopic (exact) mass is 317 g/mol. The van der Waals surface area contributed by atoms with Gasteiger partial charge in [0.1, 0.15) is 0 Å². The Balaban J connectivity index is 2.89. The minimum absolute atomic E-state index is 0.0341. The number of ether oxygens (including phenoxy) is 1. The third kappa shape index (κ3) is 3.52. The number of alkyl halides is 4. The quantitative estimate of drug-likeness (QED) is 0.788. The normalized spacial score (nSPS) is 13.6. The molecule has 0 saturated carbocycles. The summed E-state index contributed by atoms with van der Waals surface area (Å²) in [6.45, 7) is 0.918. The molecule has 1 rings (SSSR count). The van der Waals surface area contributed by atoms with Gasteiger partial charge in [-0.2, -0.15) is 13.2 Å². The molecule has 0 fully saturated rings. The molecule has 0 aliphatic heterocycles. The highest BCUT2D eigenvalue weighted by Gasteiger charge is 2.38. The molecule has 0 bridgehead atoms. The Kier molecular flexibility index (Phi) is 4.43. The molecule has 0 radical (unpaired) electrons. The van der Waals surface area contributed by atoms with E-state index in [1.807, 2.05) is 0 Å². The van der Waals surface area contributed by atoms with E-state index in [-0.39, 0.29) is 11.8 Å². The van der Waals surface area contributed by atoms with Crippen molar-refractivity contribution in [2.45, 2.75) is 25.1 Å². The van der Waals surface area contributed by atoms with E-state index in [2.05, 4.69) is 20.9 Å². The fourth-order valence-corrected chi connectivity index (χ4v) is 1.47. The Labute approximate surface area is 104 Å². The average molecular weight is 319 g/mol. The number of pyridine rings is 1. The number of halogens is 5. The summed E-state index contributed by atoms with van der Waals surface area (Å²) in [6.07, 6.45) is -4.98. The van der Waals surface area contributed by atoms with Gasteiger partial charge in [-0.25, -0.2) is 4.98 Å². The van der Waals surface area contributed by atoms with Crippen LogP contribution in [0.2, 0.25) is 0 Å². The molecule has 0 aliphatic carbocycles. The first-order chi connectivity index (χ1) is 7.34. The number of aromatic nitrogens is 1. The number of rotatable bonds is 3. The van der Waals surface area contributed by atoms with Crippen molar-refractivity contribution in [2.75, 3.05) is 0 Å². The van der Waals surface area contributed by atoms with Crippen molar-refractivity contribution in [2.24, 2.45) is 0 Å². The number of nitrogens with zero attached hydrogens (tertiary/aromatic N) is 1. The lowest BCUT2D eigenvalue weighted by Gasteiger charge is -2.18. The van der Waals surface area contributed by atoms with Crippen LogP contribution in [0.15, 0.2) is 16.7 Å². The molecule has 0 aliphatic rings. The highest BCUT2D eigenvalue weighted by atomic mass is 79.9. The van der Waals surface area contributed by atoms with Crippen LogP contribution in [0.1, 0.15) is 12.5 Å². The second-order valence-corrected chi connectivity index (χ2v) is 4.24. The fourth-order valence-electron chi connectivity index (χ4n) is 0.905. The average Bonchev–Trinajstić information content (AvgIpc) is 2.19. The Morgan fingerprint density at radius 1 is 1.56 bits per heavy atom. The first-order valence-electron chi connectivity index (χ1n) is 4.28. The summed E-state index contributed by atoms with van der Waals surface area (Å²) in [7, 11) is 0. The van der Waals surface area contributed by atoms with Crippen molar-refractivity contribution in [1.82, 2.24) is 4.98 Å². The van der Waals surface area contributed by atoms with Gasteiger partial charge in [-0.15, -0.1) is 11.6 Å². The van der Waals surface area contributed by atoms with E-state index in [9.17, 15) is 13.2 Å². The van der Waals surface area contributed by atoms with Crippen molar-refractivity contribution in [3.8, 4) is 5.88 Å². The highest BCUT2D eigenvalue weighted by Crippen LogP contribution is 2.27. The highest BCUT2D eigenvalue weighted by molar-refractivity contribution is 9.10. The molecule has 1 unspecified atom stereocenters. The van der Waals surface area contributed by atoms with Crippen LogP contribution in [-0.4, -0.2) is 17.3 Å². The van der Waals surface area contributed by atoms with E-state index < -0.39 is 12.3 Å². The Bertz CT molecular complexity index is 372. The maximum absolute atomic E-state index is 12.3. The molecule has 1 heterocycles. The molecule has 0 saturated heterocycles. The van der Waals surface area contributed by atoms with Gasteiger partial charge < -0.3 is 4.74 Å². The first-order valence-corrected chi connectivity index (χ1v) is 5.61. The van der Waals surface area contributed by atoms with Gasteiger partial charge in [0.05, 0.1) is 5.88 Å². The van der Waals surface area contributed by atoms with Gasteiger partial charge >= 0.3 is 6.18 Å². The van der Waals surface area contributed by atoms with Crippen LogP contribution >= 0.6 is 27.5 Å². The summed E-state index contributed by atoms with van der Waals surface area (Å²) in [5.41, 5.74) is 0.409. The Morgan fingerprint density at radius 2 is 2.19 bits per heavy atom. The summed E-state index contributed by atoms with van der Waals surface area (Å²) in [5.74, 6) is -0.0603. The van der Waals surface area contributed by atoms with Crippen molar-refractivity contribution in [3.63, 3.8) is 0 Å². The maximum atomic E-state index is 12.3. The fraction of sp³-hybridized carbons (Fsp3) is 0.444. The molecule has 2 nitrogen and oxygen atoms in total. The maximum Gasteiger partial charge on any atom is 0.425 e. The van der Waals surface area contributed by atoms with E-state index in [0.29, 0.717) is 10.0 Å². The third-order valence-corrected chi connectivity index (χ3v) is 2.51. The van der Waals surface area contributed by atoms with Gasteiger partial charge in [0, 0.05) is 16.2 Å². The zero-order valence-electron chi connectivity index (χ0n) is 8.18. The van der Waals surface area contributed by atoms with E-state index >= 15 is 0 Å². The van der Waals surface area contributed by atoms with Crippen LogP contribution < -0.4 is 4.74 Å². The van der Waals surface area contributed by atoms with E-state index in [1.54, 1.807) is 6.07 Å². The van der Waals surface area contributed by atoms with Crippen LogP contribution in [0.3, 0.4) is 0 Å². The molecule has 1 atom stereocenters. The van der Waals surface area contributed by atoms with Gasteiger partial charge in [0.2, 0.25) is 5.88 Å². The van der Waals surface area contributed by atoms with Crippen molar-refractivity contribution >= 4 is 27.5 Å². The standard InChI is InChI=1S/C9H8BrClF3NO/c1-5(9(12,13)14)16-8-6(3-11)2-7(10)4-15-8/h2,4-5H,3H2,1H3. The molecular formula is C9H8BrClF3NO. The SMILES string of the molecule is CC(Oc1ncc(Br)cc1CCl)C(F)(F)F. The lowest BCUT2D eigenvalue weighted by molar-refractivity contribution is -0.190. The third-order valence-electron chi connectivity index (χ3n) is 1.79. The van der Waals surface area contributed by atoms with Gasteiger partial charge in [-0.1, -0.05) is 0 Å². The van der Waals surface area contributed by atoms with Crippen LogP contribution in [0.5, 0.6) is 5.88 Å². The number of hydrogen-bond acceptors (Lipinski definition) is 2. The smallest absolute Gasteiger partial charge is 0.425 e. The molecule has 0 amide bonds. The van der Waals surface area contributed by atoms with Gasteiger partial charge in [0.15, 0.2) is 6.10 Å². The predicted molar refractivity (Wildman–Crippen MR) is 57.6 cm³/mol. The second-order valence-electron chi connectivity index (χ2n) is 3.05. The van der Waals surface area contributed by atoms with Gasteiger partial charge in [0.25, 0.3) is 0 Å². The lowest BCUT2D eigenvalue weighted by atomic mass is 10.3. The molecular weight excluding hydrogens is 310 g/mol. The zero-order valence-corrected chi connectivity index (χ0v) is 10.5. The zero-order chi connectivity index (χ0) is 12.3. The summed E-state index contributed by atoms with van der Waals surface area (Å²) in [5, 5.41) is 0. The largest absolute Gasteiger partial charge is 0.465 e. The summed E-state index contributed by atoms with van der Waals surface area (Å²) in [4.78, 5) is 3.75. The molecule has 1 aromatic heterocycles. The number of hydrogen-bond donors (Lipinski definition) is 0. The summed E-state index contributed by atoms with van der Waals surface area (Å²) in [6, 6.07) is 1.57. The Morgan fingerprint density at radius 3 is 2.69 bits per heavy atom. The van der Waals surface area contributed by atoms with Crippen molar-refractivity contribution in [1.29, 1.82) is 0 Å². The molecule has 16 heavy (non-hydrogen) atoms. The minimum atomic E-state index is -4.42. The van der Waals surface area contributed by atoms with Crippen LogP contribution in [0.4, 0.5) is 13.2 Å². The molecule has 1 aromatic rings. The Hall–Kier alpha value is -0.490. The van der Waals surface area contributed by atoms with Gasteiger partial charge in [-0.3, -0.25) is 0 Å². The van der Waals surface area contributed by atoms with E-state index in [1.165, 1.54) is 6.20 Å². The van der Waals surface area contributed by atoms with Crippen LogP contribution in [-0.2, 0) is 5.88 Å². The second kappa shape index (κ2) is 5.23. The van der Waals surface area contributed by atoms with Gasteiger partial charge in [-0.05, 0) is 28.9 Å². The molecule has 90 valence electrons. The van der Waals surface area contributed by atoms with Crippen molar-refractivity contribution in [3.05, 3.63) is 22.3 Å². The van der Waals surface area contributed by atoms with Crippen molar-refractivity contribution < 1.29 is 17.9 Å². The van der Waals surface area contributed by atoms with E-state index in [4.69, 9.17) is 16.3 Å². The molecule has 7 heteroatoms. The summed E-state index contributed by atoms with van der Waals surface area (Å²) >= 11 is 8.72. The topological polar surface area (TPSA) is 22.1 Å².